The van der Waals surface area contributed by atoms with Gasteiger partial charge in [-0.15, -0.1) is 11.6 Å². The molecule has 0 aliphatic heterocycles. The SMILES string of the molecule is CCN(CC)c1ccc(NCC(O)CCl)c(C)c1. The first-order chi connectivity index (χ1) is 8.62. The number of alkyl halides is 1. The molecular formula is C14H23ClN2O. The summed E-state index contributed by atoms with van der Waals surface area (Å²) in [7, 11) is 0. The molecule has 1 aromatic rings. The van der Waals surface area contributed by atoms with Crippen LogP contribution in [0.3, 0.4) is 0 Å². The molecule has 0 heterocycles. The summed E-state index contributed by atoms with van der Waals surface area (Å²) in [6, 6.07) is 6.34. The lowest BCUT2D eigenvalue weighted by Crippen LogP contribution is -2.23. The lowest BCUT2D eigenvalue weighted by molar-refractivity contribution is 0.211. The van der Waals surface area contributed by atoms with Gasteiger partial charge in [-0.2, -0.15) is 0 Å². The average molecular weight is 271 g/mol. The van der Waals surface area contributed by atoms with E-state index in [2.05, 4.69) is 49.2 Å². The largest absolute Gasteiger partial charge is 0.390 e. The zero-order valence-electron chi connectivity index (χ0n) is 11.4. The lowest BCUT2D eigenvalue weighted by atomic mass is 10.1. The van der Waals surface area contributed by atoms with Gasteiger partial charge in [0.1, 0.15) is 0 Å². The molecule has 0 aromatic heterocycles. The Morgan fingerprint density at radius 2 is 2.00 bits per heavy atom. The molecule has 2 N–H and O–H groups in total. The van der Waals surface area contributed by atoms with Crippen LogP contribution in [-0.4, -0.2) is 36.7 Å². The topological polar surface area (TPSA) is 35.5 Å². The second-order valence-corrected chi connectivity index (χ2v) is 4.67. The number of aliphatic hydroxyl groups excluding tert-OH is 1. The molecule has 0 spiro atoms. The van der Waals surface area contributed by atoms with E-state index >= 15 is 0 Å². The quantitative estimate of drug-likeness (QED) is 0.748. The number of aryl methyl sites for hydroxylation is 1. The van der Waals surface area contributed by atoms with Gasteiger partial charge in [0.05, 0.1) is 12.0 Å². The minimum atomic E-state index is -0.506. The summed E-state index contributed by atoms with van der Waals surface area (Å²) < 4.78 is 0. The van der Waals surface area contributed by atoms with Crippen LogP contribution in [0, 0.1) is 6.92 Å². The minimum absolute atomic E-state index is 0.254. The van der Waals surface area contributed by atoms with Crippen LogP contribution in [0.25, 0.3) is 0 Å². The average Bonchev–Trinajstić information content (AvgIpc) is 2.38. The van der Waals surface area contributed by atoms with Crippen molar-refractivity contribution in [2.45, 2.75) is 26.9 Å². The molecule has 1 atom stereocenters. The van der Waals surface area contributed by atoms with Gasteiger partial charge in [0, 0.05) is 31.0 Å². The van der Waals surface area contributed by atoms with E-state index < -0.39 is 6.10 Å². The molecule has 0 saturated heterocycles. The number of aliphatic hydroxyl groups is 1. The first-order valence-electron chi connectivity index (χ1n) is 6.45. The van der Waals surface area contributed by atoms with E-state index in [4.69, 9.17) is 11.6 Å². The fraction of sp³-hybridized carbons (Fsp3) is 0.571. The Morgan fingerprint density at radius 1 is 1.33 bits per heavy atom. The van der Waals surface area contributed by atoms with Gasteiger partial charge >= 0.3 is 0 Å². The highest BCUT2D eigenvalue weighted by Crippen LogP contribution is 2.22. The van der Waals surface area contributed by atoms with Crippen LogP contribution in [0.1, 0.15) is 19.4 Å². The van der Waals surface area contributed by atoms with E-state index in [-0.39, 0.29) is 5.88 Å². The molecular weight excluding hydrogens is 248 g/mol. The molecule has 0 bridgehead atoms. The molecule has 1 aromatic carbocycles. The first-order valence-corrected chi connectivity index (χ1v) is 6.99. The van der Waals surface area contributed by atoms with Gasteiger partial charge in [0.15, 0.2) is 0 Å². The van der Waals surface area contributed by atoms with Crippen LogP contribution in [-0.2, 0) is 0 Å². The van der Waals surface area contributed by atoms with Crippen molar-refractivity contribution in [2.75, 3.05) is 35.7 Å². The maximum absolute atomic E-state index is 9.43. The van der Waals surface area contributed by atoms with E-state index in [1.165, 1.54) is 11.3 Å². The molecule has 102 valence electrons. The molecule has 0 aliphatic rings. The Morgan fingerprint density at radius 3 is 2.50 bits per heavy atom. The Bertz CT molecular complexity index is 367. The standard InChI is InChI=1S/C14H23ClN2O/c1-4-17(5-2)12-6-7-14(11(3)8-12)16-10-13(18)9-15/h6-8,13,16,18H,4-5,9-10H2,1-3H3. The molecule has 0 aliphatic carbocycles. The van der Waals surface area contributed by atoms with Crippen molar-refractivity contribution >= 4 is 23.0 Å². The maximum Gasteiger partial charge on any atom is 0.0847 e. The minimum Gasteiger partial charge on any atom is -0.390 e. The van der Waals surface area contributed by atoms with Crippen molar-refractivity contribution in [2.24, 2.45) is 0 Å². The van der Waals surface area contributed by atoms with Crippen LogP contribution in [0.2, 0.25) is 0 Å². The normalized spacial score (nSPS) is 12.3. The van der Waals surface area contributed by atoms with E-state index in [1.54, 1.807) is 0 Å². The molecule has 1 unspecified atom stereocenters. The predicted molar refractivity (Wildman–Crippen MR) is 80.0 cm³/mol. The van der Waals surface area contributed by atoms with Crippen molar-refractivity contribution in [1.29, 1.82) is 0 Å². The number of anilines is 2. The zero-order chi connectivity index (χ0) is 13.5. The van der Waals surface area contributed by atoms with Gasteiger partial charge in [-0.25, -0.2) is 0 Å². The third-order valence-electron chi connectivity index (χ3n) is 3.04. The number of nitrogens with one attached hydrogen (secondary N) is 1. The summed E-state index contributed by atoms with van der Waals surface area (Å²) in [6.07, 6.45) is -0.506. The number of rotatable bonds is 7. The highest BCUT2D eigenvalue weighted by atomic mass is 35.5. The Labute approximate surface area is 115 Å². The summed E-state index contributed by atoms with van der Waals surface area (Å²) in [5, 5.41) is 12.6. The fourth-order valence-electron chi connectivity index (χ4n) is 1.91. The van der Waals surface area contributed by atoms with Crippen LogP contribution in [0.15, 0.2) is 18.2 Å². The van der Waals surface area contributed by atoms with Gasteiger partial charge in [0.2, 0.25) is 0 Å². The Balaban J connectivity index is 2.73. The maximum atomic E-state index is 9.43. The predicted octanol–water partition coefficient (Wildman–Crippen LogP) is 2.85. The third kappa shape index (κ3) is 4.07. The van der Waals surface area contributed by atoms with Gasteiger partial charge < -0.3 is 15.3 Å². The number of hydrogen-bond acceptors (Lipinski definition) is 3. The molecule has 0 saturated carbocycles. The van der Waals surface area contributed by atoms with E-state index in [1.807, 2.05) is 0 Å². The summed E-state index contributed by atoms with van der Waals surface area (Å²) in [4.78, 5) is 2.31. The van der Waals surface area contributed by atoms with Gasteiger partial charge in [-0.05, 0) is 44.5 Å². The molecule has 0 radical (unpaired) electrons. The zero-order valence-corrected chi connectivity index (χ0v) is 12.2. The van der Waals surface area contributed by atoms with Crippen molar-refractivity contribution in [1.82, 2.24) is 0 Å². The Kier molecular flexibility index (Phi) is 6.30. The van der Waals surface area contributed by atoms with Crippen LogP contribution in [0.4, 0.5) is 11.4 Å². The van der Waals surface area contributed by atoms with Crippen molar-refractivity contribution in [3.8, 4) is 0 Å². The summed E-state index contributed by atoms with van der Waals surface area (Å²) in [5.74, 6) is 0.254. The first kappa shape index (κ1) is 15.1. The van der Waals surface area contributed by atoms with Crippen LogP contribution < -0.4 is 10.2 Å². The van der Waals surface area contributed by atoms with Gasteiger partial charge in [-0.1, -0.05) is 0 Å². The Hall–Kier alpha value is -0.930. The van der Waals surface area contributed by atoms with E-state index in [0.29, 0.717) is 6.54 Å². The van der Waals surface area contributed by atoms with Crippen molar-refractivity contribution in [3.63, 3.8) is 0 Å². The number of hydrogen-bond donors (Lipinski definition) is 2. The number of halogens is 1. The van der Waals surface area contributed by atoms with Crippen molar-refractivity contribution in [3.05, 3.63) is 23.8 Å². The summed E-state index contributed by atoms with van der Waals surface area (Å²) >= 11 is 5.57. The molecule has 3 nitrogen and oxygen atoms in total. The molecule has 0 amide bonds. The summed E-state index contributed by atoms with van der Waals surface area (Å²) in [6.45, 7) is 8.88. The lowest BCUT2D eigenvalue weighted by Gasteiger charge is -2.22. The molecule has 4 heteroatoms. The van der Waals surface area contributed by atoms with Crippen LogP contribution >= 0.6 is 11.6 Å². The smallest absolute Gasteiger partial charge is 0.0847 e. The van der Waals surface area contributed by atoms with Crippen molar-refractivity contribution < 1.29 is 5.11 Å². The molecule has 1 rings (SSSR count). The highest BCUT2D eigenvalue weighted by Gasteiger charge is 2.06. The second-order valence-electron chi connectivity index (χ2n) is 4.36. The highest BCUT2D eigenvalue weighted by molar-refractivity contribution is 6.18. The number of nitrogens with zero attached hydrogens (tertiary/aromatic N) is 1. The van der Waals surface area contributed by atoms with Gasteiger partial charge in [0.25, 0.3) is 0 Å². The van der Waals surface area contributed by atoms with E-state index in [0.717, 1.165) is 18.8 Å². The molecule has 18 heavy (non-hydrogen) atoms. The van der Waals surface area contributed by atoms with Gasteiger partial charge in [-0.3, -0.25) is 0 Å². The monoisotopic (exact) mass is 270 g/mol. The van der Waals surface area contributed by atoms with E-state index in [9.17, 15) is 5.11 Å². The number of benzene rings is 1. The van der Waals surface area contributed by atoms with Crippen LogP contribution in [0.5, 0.6) is 0 Å². The fourth-order valence-corrected chi connectivity index (χ4v) is 2.02. The molecule has 0 fully saturated rings. The second kappa shape index (κ2) is 7.49. The third-order valence-corrected chi connectivity index (χ3v) is 3.40. The summed E-state index contributed by atoms with van der Waals surface area (Å²) in [5.41, 5.74) is 3.47.